The molecule has 1 fully saturated rings. The maximum Gasteiger partial charge on any atom is 0.350 e. The molecule has 6 heteroatoms. The number of carbonyl (C=O) groups excluding carboxylic acids is 1. The number of fused-ring (bicyclic) bond motifs is 1. The zero-order chi connectivity index (χ0) is 21.1. The van der Waals surface area contributed by atoms with Gasteiger partial charge in [0.05, 0.1) is 5.52 Å². The number of carbonyl (C=O) groups is 1. The quantitative estimate of drug-likeness (QED) is 0.644. The molecule has 0 spiro atoms. The number of para-hydroxylation sites is 2. The van der Waals surface area contributed by atoms with Crippen molar-refractivity contribution >= 4 is 28.3 Å². The molecule has 0 bridgehead atoms. The SMILES string of the molecule is CCc1cccc(C)c1NC(=O)Cn1c(=O)nc(NC2CCCC2)c2ccccc21. The van der Waals surface area contributed by atoms with Crippen LogP contribution < -0.4 is 16.3 Å². The summed E-state index contributed by atoms with van der Waals surface area (Å²) < 4.78 is 1.45. The third-order valence-electron chi connectivity index (χ3n) is 5.89. The van der Waals surface area contributed by atoms with Crippen LogP contribution in [-0.4, -0.2) is 21.5 Å². The molecule has 4 rings (SSSR count). The normalized spacial score (nSPS) is 14.2. The van der Waals surface area contributed by atoms with Gasteiger partial charge < -0.3 is 10.6 Å². The number of amides is 1. The fraction of sp³-hybridized carbons (Fsp3) is 0.375. The van der Waals surface area contributed by atoms with E-state index < -0.39 is 5.69 Å². The van der Waals surface area contributed by atoms with E-state index in [-0.39, 0.29) is 12.5 Å². The lowest BCUT2D eigenvalue weighted by atomic mass is 10.1. The maximum absolute atomic E-state index is 12.8. The van der Waals surface area contributed by atoms with E-state index in [2.05, 4.69) is 22.5 Å². The molecule has 1 aromatic heterocycles. The number of nitrogens with one attached hydrogen (secondary N) is 2. The van der Waals surface area contributed by atoms with Crippen molar-refractivity contribution in [2.45, 2.75) is 58.5 Å². The Morgan fingerprint density at radius 1 is 1.13 bits per heavy atom. The third kappa shape index (κ3) is 4.08. The molecule has 1 saturated carbocycles. The topological polar surface area (TPSA) is 76.0 Å². The predicted octanol–water partition coefficient (Wildman–Crippen LogP) is 4.26. The van der Waals surface area contributed by atoms with Gasteiger partial charge in [-0.15, -0.1) is 0 Å². The Bertz CT molecular complexity index is 1130. The van der Waals surface area contributed by atoms with Gasteiger partial charge in [-0.1, -0.05) is 50.1 Å². The van der Waals surface area contributed by atoms with Gasteiger partial charge in [0.1, 0.15) is 12.4 Å². The minimum atomic E-state index is -0.412. The average Bonchev–Trinajstić information content (AvgIpc) is 3.25. The molecule has 1 aliphatic rings. The Hall–Kier alpha value is -3.15. The van der Waals surface area contributed by atoms with E-state index in [0.29, 0.717) is 17.4 Å². The molecule has 30 heavy (non-hydrogen) atoms. The average molecular weight is 405 g/mol. The van der Waals surface area contributed by atoms with Crippen molar-refractivity contribution in [2.24, 2.45) is 0 Å². The van der Waals surface area contributed by atoms with Crippen molar-refractivity contribution in [2.75, 3.05) is 10.6 Å². The lowest BCUT2D eigenvalue weighted by Gasteiger charge is -2.17. The lowest BCUT2D eigenvalue weighted by Crippen LogP contribution is -2.31. The van der Waals surface area contributed by atoms with Gasteiger partial charge in [0, 0.05) is 17.1 Å². The molecule has 1 amide bonds. The Kier molecular flexibility index (Phi) is 5.84. The van der Waals surface area contributed by atoms with Crippen molar-refractivity contribution in [1.82, 2.24) is 9.55 Å². The molecule has 156 valence electrons. The Balaban J connectivity index is 1.64. The second-order valence-corrected chi connectivity index (χ2v) is 7.98. The number of anilines is 2. The predicted molar refractivity (Wildman–Crippen MR) is 121 cm³/mol. The third-order valence-corrected chi connectivity index (χ3v) is 5.89. The van der Waals surface area contributed by atoms with Crippen LogP contribution in [0.1, 0.15) is 43.7 Å². The smallest absolute Gasteiger partial charge is 0.350 e. The van der Waals surface area contributed by atoms with Crippen LogP contribution >= 0.6 is 0 Å². The summed E-state index contributed by atoms with van der Waals surface area (Å²) in [5.41, 5.74) is 3.22. The minimum absolute atomic E-state index is 0.0758. The van der Waals surface area contributed by atoms with Crippen molar-refractivity contribution < 1.29 is 4.79 Å². The molecule has 1 heterocycles. The summed E-state index contributed by atoms with van der Waals surface area (Å²) >= 11 is 0. The van der Waals surface area contributed by atoms with E-state index in [1.807, 2.05) is 49.4 Å². The first-order chi connectivity index (χ1) is 14.6. The molecule has 2 N–H and O–H groups in total. The van der Waals surface area contributed by atoms with Gasteiger partial charge >= 0.3 is 5.69 Å². The van der Waals surface area contributed by atoms with Crippen molar-refractivity contribution in [1.29, 1.82) is 0 Å². The maximum atomic E-state index is 12.8. The zero-order valence-electron chi connectivity index (χ0n) is 17.6. The first-order valence-electron chi connectivity index (χ1n) is 10.7. The molecular formula is C24H28N4O2. The molecule has 0 unspecified atom stereocenters. The fourth-order valence-corrected chi connectivity index (χ4v) is 4.28. The van der Waals surface area contributed by atoms with E-state index >= 15 is 0 Å². The summed E-state index contributed by atoms with van der Waals surface area (Å²) in [6.07, 6.45) is 5.41. The number of nitrogens with zero attached hydrogens (tertiary/aromatic N) is 2. The minimum Gasteiger partial charge on any atom is -0.367 e. The number of hydrogen-bond acceptors (Lipinski definition) is 4. The zero-order valence-corrected chi connectivity index (χ0v) is 17.6. The highest BCUT2D eigenvalue weighted by atomic mass is 16.2. The molecule has 0 radical (unpaired) electrons. The number of aryl methyl sites for hydroxylation is 2. The number of rotatable bonds is 6. The summed E-state index contributed by atoms with van der Waals surface area (Å²) in [6, 6.07) is 14.0. The van der Waals surface area contributed by atoms with Crippen LogP contribution in [0, 0.1) is 6.92 Å². The molecule has 3 aromatic rings. The van der Waals surface area contributed by atoms with Crippen LogP contribution in [0.3, 0.4) is 0 Å². The van der Waals surface area contributed by atoms with Crippen LogP contribution in [0.2, 0.25) is 0 Å². The van der Waals surface area contributed by atoms with Gasteiger partial charge in [0.15, 0.2) is 0 Å². The molecule has 1 aliphatic carbocycles. The summed E-state index contributed by atoms with van der Waals surface area (Å²) in [4.78, 5) is 30.0. The Morgan fingerprint density at radius 3 is 2.67 bits per heavy atom. The van der Waals surface area contributed by atoms with Crippen LogP contribution in [0.15, 0.2) is 47.3 Å². The second kappa shape index (κ2) is 8.69. The van der Waals surface area contributed by atoms with Crippen LogP contribution in [-0.2, 0) is 17.8 Å². The standard InChI is InChI=1S/C24H28N4O2/c1-3-17-10-8-9-16(2)22(17)26-21(29)15-28-20-14-7-6-13-19(20)23(27-24(28)30)25-18-11-4-5-12-18/h6-10,13-14,18H,3-5,11-12,15H2,1-2H3,(H,26,29)(H,25,27,30). The van der Waals surface area contributed by atoms with Gasteiger partial charge in [-0.25, -0.2) is 4.79 Å². The lowest BCUT2D eigenvalue weighted by molar-refractivity contribution is -0.116. The highest BCUT2D eigenvalue weighted by molar-refractivity contribution is 5.94. The summed E-state index contributed by atoms with van der Waals surface area (Å²) in [7, 11) is 0. The van der Waals surface area contributed by atoms with Crippen molar-refractivity contribution in [3.63, 3.8) is 0 Å². The molecular weight excluding hydrogens is 376 g/mol. The van der Waals surface area contributed by atoms with Gasteiger partial charge in [0.2, 0.25) is 5.91 Å². The number of benzene rings is 2. The van der Waals surface area contributed by atoms with Crippen LogP contribution in [0.4, 0.5) is 11.5 Å². The Morgan fingerprint density at radius 2 is 1.90 bits per heavy atom. The monoisotopic (exact) mass is 404 g/mol. The summed E-state index contributed by atoms with van der Waals surface area (Å²) in [6.45, 7) is 3.96. The van der Waals surface area contributed by atoms with Gasteiger partial charge in [-0.3, -0.25) is 9.36 Å². The highest BCUT2D eigenvalue weighted by Gasteiger charge is 2.19. The summed E-state index contributed by atoms with van der Waals surface area (Å²) in [5, 5.41) is 7.31. The van der Waals surface area contributed by atoms with E-state index in [1.54, 1.807) is 0 Å². The molecule has 0 aliphatic heterocycles. The molecule has 0 atom stereocenters. The van der Waals surface area contributed by atoms with Gasteiger partial charge in [-0.2, -0.15) is 4.98 Å². The molecule has 2 aromatic carbocycles. The second-order valence-electron chi connectivity index (χ2n) is 7.98. The molecule has 0 saturated heterocycles. The van der Waals surface area contributed by atoms with E-state index in [9.17, 15) is 9.59 Å². The van der Waals surface area contributed by atoms with Gasteiger partial charge in [-0.05, 0) is 49.4 Å². The van der Waals surface area contributed by atoms with E-state index in [4.69, 9.17) is 0 Å². The number of hydrogen-bond donors (Lipinski definition) is 2. The Labute approximate surface area is 176 Å². The van der Waals surface area contributed by atoms with Gasteiger partial charge in [0.25, 0.3) is 0 Å². The number of aromatic nitrogens is 2. The van der Waals surface area contributed by atoms with E-state index in [1.165, 1.54) is 17.4 Å². The first kappa shape index (κ1) is 20.1. The molecule has 6 nitrogen and oxygen atoms in total. The largest absolute Gasteiger partial charge is 0.367 e. The van der Waals surface area contributed by atoms with Crippen LogP contribution in [0.5, 0.6) is 0 Å². The van der Waals surface area contributed by atoms with Crippen molar-refractivity contribution in [3.05, 3.63) is 64.1 Å². The fourth-order valence-electron chi connectivity index (χ4n) is 4.28. The first-order valence-corrected chi connectivity index (χ1v) is 10.7. The van der Waals surface area contributed by atoms with E-state index in [0.717, 1.165) is 41.5 Å². The summed E-state index contributed by atoms with van der Waals surface area (Å²) in [5.74, 6) is 0.385. The van der Waals surface area contributed by atoms with Crippen molar-refractivity contribution in [3.8, 4) is 0 Å². The van der Waals surface area contributed by atoms with Crippen LogP contribution in [0.25, 0.3) is 10.9 Å². The highest BCUT2D eigenvalue weighted by Crippen LogP contribution is 2.26.